The number of nitrogens with one attached hydrogen (secondary N) is 2. The Labute approximate surface area is 124 Å². The Morgan fingerprint density at radius 2 is 2.19 bits per heavy atom. The van der Waals surface area contributed by atoms with Crippen LogP contribution in [0.1, 0.15) is 59.1 Å². The van der Waals surface area contributed by atoms with Crippen molar-refractivity contribution in [2.75, 3.05) is 0 Å². The summed E-state index contributed by atoms with van der Waals surface area (Å²) in [7, 11) is 1.92. The van der Waals surface area contributed by atoms with Gasteiger partial charge in [-0.1, -0.05) is 0 Å². The second kappa shape index (κ2) is 5.35. The zero-order valence-electron chi connectivity index (χ0n) is 12.7. The van der Waals surface area contributed by atoms with Crippen LogP contribution >= 0.6 is 0 Å². The summed E-state index contributed by atoms with van der Waals surface area (Å²) < 4.78 is 1.85. The number of hydrogen-bond donors (Lipinski definition) is 2. The molecule has 0 bridgehead atoms. The van der Waals surface area contributed by atoms with E-state index >= 15 is 0 Å². The molecule has 2 aromatic rings. The number of nitrogens with zero attached hydrogens (tertiary/aromatic N) is 3. The lowest BCUT2D eigenvalue weighted by atomic mass is 9.95. The average molecular weight is 287 g/mol. The smallest absolute Gasteiger partial charge is 0.272 e. The van der Waals surface area contributed by atoms with Crippen molar-refractivity contribution in [1.29, 1.82) is 0 Å². The Bertz CT molecular complexity index is 670. The largest absolute Gasteiger partial charge is 0.344 e. The van der Waals surface area contributed by atoms with Crippen LogP contribution in [0.3, 0.4) is 0 Å². The van der Waals surface area contributed by atoms with Crippen LogP contribution in [0.25, 0.3) is 0 Å². The first kappa shape index (κ1) is 13.9. The number of hydrogen-bond acceptors (Lipinski definition) is 3. The van der Waals surface area contributed by atoms with Gasteiger partial charge in [-0.05, 0) is 39.5 Å². The molecule has 0 aliphatic heterocycles. The van der Waals surface area contributed by atoms with Crippen LogP contribution in [-0.4, -0.2) is 25.7 Å². The lowest BCUT2D eigenvalue weighted by molar-refractivity contribution is 0.0931. The lowest BCUT2D eigenvalue weighted by Gasteiger charge is -2.14. The lowest BCUT2D eigenvalue weighted by Crippen LogP contribution is -2.28. The molecule has 2 aromatic heterocycles. The van der Waals surface area contributed by atoms with E-state index in [1.807, 2.05) is 25.6 Å². The molecule has 0 spiro atoms. The van der Waals surface area contributed by atoms with E-state index in [-0.39, 0.29) is 11.9 Å². The standard InChI is InChI=1S/C15H21N5O/c1-9-8-16-14(17-9)10(2)18-15(21)13-11-6-4-5-7-12(11)20(3)19-13/h8,10H,4-7H2,1-3H3,(H,16,17)(H,18,21)/t10-/m1/s1. The molecule has 1 amide bonds. The van der Waals surface area contributed by atoms with Crippen molar-refractivity contribution in [2.24, 2.45) is 7.05 Å². The van der Waals surface area contributed by atoms with E-state index in [0.717, 1.165) is 36.3 Å². The predicted octanol–water partition coefficient (Wildman–Crippen LogP) is 1.82. The topological polar surface area (TPSA) is 75.6 Å². The van der Waals surface area contributed by atoms with E-state index < -0.39 is 0 Å². The molecular weight excluding hydrogens is 266 g/mol. The summed E-state index contributed by atoms with van der Waals surface area (Å²) in [5, 5.41) is 7.40. The predicted molar refractivity (Wildman–Crippen MR) is 79.1 cm³/mol. The van der Waals surface area contributed by atoms with E-state index in [9.17, 15) is 4.79 Å². The van der Waals surface area contributed by atoms with Crippen molar-refractivity contribution in [3.8, 4) is 0 Å². The van der Waals surface area contributed by atoms with Gasteiger partial charge in [0.1, 0.15) is 5.82 Å². The fraction of sp³-hybridized carbons (Fsp3) is 0.533. The number of rotatable bonds is 3. The third-order valence-electron chi connectivity index (χ3n) is 4.06. The quantitative estimate of drug-likeness (QED) is 0.904. The van der Waals surface area contributed by atoms with Crippen LogP contribution < -0.4 is 5.32 Å². The van der Waals surface area contributed by atoms with Crippen LogP contribution in [0.4, 0.5) is 0 Å². The maximum atomic E-state index is 12.5. The highest BCUT2D eigenvalue weighted by Crippen LogP contribution is 2.24. The molecule has 1 aliphatic rings. The van der Waals surface area contributed by atoms with Crippen molar-refractivity contribution in [3.05, 3.63) is 34.7 Å². The molecule has 112 valence electrons. The van der Waals surface area contributed by atoms with Crippen LogP contribution in [0, 0.1) is 6.92 Å². The second-order valence-electron chi connectivity index (χ2n) is 5.75. The summed E-state index contributed by atoms with van der Waals surface area (Å²) in [6, 6.07) is -0.160. The Hall–Kier alpha value is -2.11. The average Bonchev–Trinajstić information content (AvgIpc) is 3.04. The van der Waals surface area contributed by atoms with Gasteiger partial charge in [0.2, 0.25) is 0 Å². The van der Waals surface area contributed by atoms with E-state index in [0.29, 0.717) is 5.69 Å². The first-order valence-corrected chi connectivity index (χ1v) is 7.43. The number of amides is 1. The maximum absolute atomic E-state index is 12.5. The molecule has 0 radical (unpaired) electrons. The molecule has 6 nitrogen and oxygen atoms in total. The first-order valence-electron chi connectivity index (χ1n) is 7.43. The van der Waals surface area contributed by atoms with Gasteiger partial charge in [0.15, 0.2) is 5.69 Å². The first-order chi connectivity index (χ1) is 10.1. The fourth-order valence-electron chi connectivity index (χ4n) is 2.94. The Morgan fingerprint density at radius 1 is 1.43 bits per heavy atom. The molecule has 0 unspecified atom stereocenters. The molecule has 6 heteroatoms. The van der Waals surface area contributed by atoms with Gasteiger partial charge in [-0.3, -0.25) is 9.48 Å². The second-order valence-corrected chi connectivity index (χ2v) is 5.75. The third-order valence-corrected chi connectivity index (χ3v) is 4.06. The van der Waals surface area contributed by atoms with Crippen molar-refractivity contribution < 1.29 is 4.79 Å². The summed E-state index contributed by atoms with van der Waals surface area (Å²) in [4.78, 5) is 19.9. The van der Waals surface area contributed by atoms with Gasteiger partial charge in [-0.25, -0.2) is 4.98 Å². The van der Waals surface area contributed by atoms with E-state index in [1.54, 1.807) is 6.20 Å². The molecule has 3 rings (SSSR count). The number of aryl methyl sites for hydroxylation is 2. The van der Waals surface area contributed by atoms with Crippen LogP contribution in [0.5, 0.6) is 0 Å². The van der Waals surface area contributed by atoms with Gasteiger partial charge < -0.3 is 10.3 Å². The molecule has 0 saturated heterocycles. The number of aromatic amines is 1. The van der Waals surface area contributed by atoms with Gasteiger partial charge in [0.25, 0.3) is 5.91 Å². The molecule has 2 heterocycles. The summed E-state index contributed by atoms with van der Waals surface area (Å²) in [5.74, 6) is 0.654. The van der Waals surface area contributed by atoms with Crippen LogP contribution in [0.2, 0.25) is 0 Å². The minimum absolute atomic E-state index is 0.115. The van der Waals surface area contributed by atoms with Crippen molar-refractivity contribution >= 4 is 5.91 Å². The molecule has 1 atom stereocenters. The number of aromatic nitrogens is 4. The molecule has 21 heavy (non-hydrogen) atoms. The van der Waals surface area contributed by atoms with Crippen LogP contribution in [-0.2, 0) is 19.9 Å². The minimum Gasteiger partial charge on any atom is -0.344 e. The van der Waals surface area contributed by atoms with Crippen LogP contribution in [0.15, 0.2) is 6.20 Å². The minimum atomic E-state index is -0.160. The zero-order valence-corrected chi connectivity index (χ0v) is 12.7. The van der Waals surface area contributed by atoms with Gasteiger partial charge in [-0.15, -0.1) is 0 Å². The van der Waals surface area contributed by atoms with E-state index in [2.05, 4.69) is 20.4 Å². The summed E-state index contributed by atoms with van der Waals surface area (Å²) in [6.07, 6.45) is 6.03. The molecule has 0 fully saturated rings. The Balaban J connectivity index is 1.79. The van der Waals surface area contributed by atoms with Gasteiger partial charge in [0, 0.05) is 30.2 Å². The Kier molecular flexibility index (Phi) is 3.53. The SMILES string of the molecule is Cc1cnc([C@@H](C)NC(=O)c2nn(C)c3c2CCCC3)[nH]1. The molecule has 0 saturated carbocycles. The number of carbonyl (C=O) groups is 1. The highest BCUT2D eigenvalue weighted by Gasteiger charge is 2.25. The monoisotopic (exact) mass is 287 g/mol. The van der Waals surface area contributed by atoms with E-state index in [4.69, 9.17) is 0 Å². The summed E-state index contributed by atoms with van der Waals surface area (Å²) >= 11 is 0. The number of H-pyrrole nitrogens is 1. The van der Waals surface area contributed by atoms with Gasteiger partial charge >= 0.3 is 0 Å². The van der Waals surface area contributed by atoms with Crippen molar-refractivity contribution in [2.45, 2.75) is 45.6 Å². The van der Waals surface area contributed by atoms with Crippen molar-refractivity contribution in [3.63, 3.8) is 0 Å². The summed E-state index contributed by atoms with van der Waals surface area (Å²) in [6.45, 7) is 3.87. The van der Waals surface area contributed by atoms with E-state index in [1.165, 1.54) is 12.1 Å². The maximum Gasteiger partial charge on any atom is 0.272 e. The third kappa shape index (κ3) is 2.57. The number of imidazole rings is 1. The van der Waals surface area contributed by atoms with Gasteiger partial charge in [-0.2, -0.15) is 5.10 Å². The van der Waals surface area contributed by atoms with Gasteiger partial charge in [0.05, 0.1) is 6.04 Å². The Morgan fingerprint density at radius 3 is 2.90 bits per heavy atom. The molecule has 2 N–H and O–H groups in total. The summed E-state index contributed by atoms with van der Waals surface area (Å²) in [5.41, 5.74) is 3.88. The highest BCUT2D eigenvalue weighted by atomic mass is 16.2. The number of fused-ring (bicyclic) bond motifs is 1. The highest BCUT2D eigenvalue weighted by molar-refractivity contribution is 5.94. The number of carbonyl (C=O) groups excluding carboxylic acids is 1. The normalized spacial score (nSPS) is 15.6. The fourth-order valence-corrected chi connectivity index (χ4v) is 2.94. The molecule has 1 aliphatic carbocycles. The molecule has 0 aromatic carbocycles. The zero-order chi connectivity index (χ0) is 15.0. The van der Waals surface area contributed by atoms with Crippen molar-refractivity contribution in [1.82, 2.24) is 25.1 Å². The molecular formula is C15H21N5O.